The lowest BCUT2D eigenvalue weighted by molar-refractivity contribution is -0.123. The third-order valence-corrected chi connectivity index (χ3v) is 7.02. The summed E-state index contributed by atoms with van der Waals surface area (Å²) in [5.41, 5.74) is 5.04. The number of nitrogens with zero attached hydrogens (tertiary/aromatic N) is 3. The van der Waals surface area contributed by atoms with E-state index >= 15 is 0 Å². The number of hydrogen-bond donors (Lipinski definition) is 1. The predicted octanol–water partition coefficient (Wildman–Crippen LogP) is 4.13. The molecule has 0 spiro atoms. The van der Waals surface area contributed by atoms with Gasteiger partial charge in [0.05, 0.1) is 11.4 Å². The van der Waals surface area contributed by atoms with E-state index in [0.29, 0.717) is 30.0 Å². The molecule has 0 radical (unpaired) electrons. The molecule has 0 bridgehead atoms. The molecule has 2 aromatic rings. The van der Waals surface area contributed by atoms with E-state index in [0.717, 1.165) is 42.6 Å². The molecule has 0 aromatic heterocycles. The molecule has 0 saturated carbocycles. The number of amides is 3. The molecular formula is C27H34N4O3. The van der Waals surface area contributed by atoms with Crippen LogP contribution in [0.4, 0.5) is 17.1 Å². The van der Waals surface area contributed by atoms with Crippen LogP contribution in [0.1, 0.15) is 54.6 Å². The summed E-state index contributed by atoms with van der Waals surface area (Å²) in [5, 5.41) is 2.93. The average Bonchev–Trinajstić information content (AvgIpc) is 2.84. The van der Waals surface area contributed by atoms with Crippen LogP contribution in [0.5, 0.6) is 0 Å². The van der Waals surface area contributed by atoms with E-state index in [4.69, 9.17) is 0 Å². The molecule has 0 aliphatic carbocycles. The molecule has 2 aliphatic heterocycles. The Morgan fingerprint density at radius 2 is 1.76 bits per heavy atom. The molecule has 7 heteroatoms. The van der Waals surface area contributed by atoms with E-state index in [1.54, 1.807) is 15.9 Å². The number of carbonyl (C=O) groups excluding carboxylic acids is 3. The topological polar surface area (TPSA) is 73.0 Å². The summed E-state index contributed by atoms with van der Waals surface area (Å²) in [6.45, 7) is 9.86. The van der Waals surface area contributed by atoms with Crippen molar-refractivity contribution < 1.29 is 14.4 Å². The van der Waals surface area contributed by atoms with Gasteiger partial charge in [-0.15, -0.1) is 0 Å². The number of anilines is 3. The fourth-order valence-corrected chi connectivity index (χ4v) is 4.91. The maximum Gasteiger partial charge on any atom is 0.253 e. The zero-order chi connectivity index (χ0) is 24.4. The number of rotatable bonds is 6. The summed E-state index contributed by atoms with van der Waals surface area (Å²) in [6.07, 6.45) is 2.79. The van der Waals surface area contributed by atoms with Crippen LogP contribution < -0.4 is 15.1 Å². The zero-order valence-corrected chi connectivity index (χ0v) is 20.6. The summed E-state index contributed by atoms with van der Waals surface area (Å²) in [5.74, 6) is -0.400. The Labute approximate surface area is 201 Å². The van der Waals surface area contributed by atoms with Crippen molar-refractivity contribution in [2.45, 2.75) is 53.0 Å². The number of nitrogens with one attached hydrogen (secondary N) is 1. The van der Waals surface area contributed by atoms with Gasteiger partial charge in [0.1, 0.15) is 12.6 Å². The number of fused-ring (bicyclic) bond motifs is 3. The van der Waals surface area contributed by atoms with E-state index < -0.39 is 0 Å². The highest BCUT2D eigenvalue weighted by Crippen LogP contribution is 2.40. The molecule has 4 rings (SSSR count). The highest BCUT2D eigenvalue weighted by molar-refractivity contribution is 6.11. The molecule has 1 N–H and O–H groups in total. The number of hydrogen-bond acceptors (Lipinski definition) is 4. The standard InChI is InChI=1S/C27H34N4O3/c1-5-29(6-2)26(33)20-11-13-22-24(16-20)31(27(34)23-9-7-8-14-30(22)23)17-25(32)28-21-12-10-18(3)19(4)15-21/h10-13,15-16,23H,5-9,14,17H2,1-4H3,(H,28,32). The molecule has 2 aliphatic rings. The second-order valence-electron chi connectivity index (χ2n) is 9.16. The molecule has 1 saturated heterocycles. The van der Waals surface area contributed by atoms with Crippen LogP contribution in [0.2, 0.25) is 0 Å². The van der Waals surface area contributed by atoms with Crippen LogP contribution in [0.15, 0.2) is 36.4 Å². The highest BCUT2D eigenvalue weighted by Gasteiger charge is 2.40. The van der Waals surface area contributed by atoms with E-state index in [1.807, 2.05) is 58.0 Å². The Bertz CT molecular complexity index is 1110. The van der Waals surface area contributed by atoms with Crippen molar-refractivity contribution in [3.63, 3.8) is 0 Å². The monoisotopic (exact) mass is 462 g/mol. The quantitative estimate of drug-likeness (QED) is 0.701. The van der Waals surface area contributed by atoms with E-state index in [1.165, 1.54) is 0 Å². The maximum atomic E-state index is 13.5. The fraction of sp³-hybridized carbons (Fsp3) is 0.444. The largest absolute Gasteiger partial charge is 0.358 e. The van der Waals surface area contributed by atoms with E-state index in [2.05, 4.69) is 10.2 Å². The zero-order valence-electron chi connectivity index (χ0n) is 20.6. The molecule has 1 unspecified atom stereocenters. The summed E-state index contributed by atoms with van der Waals surface area (Å²) in [6, 6.07) is 11.1. The van der Waals surface area contributed by atoms with Crippen molar-refractivity contribution in [2.24, 2.45) is 0 Å². The van der Waals surface area contributed by atoms with Gasteiger partial charge in [-0.3, -0.25) is 19.3 Å². The van der Waals surface area contributed by atoms with Crippen LogP contribution >= 0.6 is 0 Å². The predicted molar refractivity (Wildman–Crippen MR) is 136 cm³/mol. The Morgan fingerprint density at radius 3 is 2.47 bits per heavy atom. The third kappa shape index (κ3) is 4.52. The van der Waals surface area contributed by atoms with E-state index in [-0.39, 0.29) is 30.3 Å². The first-order valence-electron chi connectivity index (χ1n) is 12.2. The van der Waals surface area contributed by atoms with Crippen molar-refractivity contribution >= 4 is 34.8 Å². The van der Waals surface area contributed by atoms with Gasteiger partial charge in [-0.05, 0) is 88.4 Å². The van der Waals surface area contributed by atoms with Crippen molar-refractivity contribution in [3.8, 4) is 0 Å². The van der Waals surface area contributed by atoms with Gasteiger partial charge in [-0.2, -0.15) is 0 Å². The first-order valence-corrected chi connectivity index (χ1v) is 12.2. The summed E-state index contributed by atoms with van der Waals surface area (Å²) in [4.78, 5) is 45.0. The molecule has 180 valence electrons. The third-order valence-electron chi connectivity index (χ3n) is 7.02. The number of carbonyl (C=O) groups is 3. The molecule has 1 fully saturated rings. The van der Waals surface area contributed by atoms with Gasteiger partial charge in [-0.1, -0.05) is 6.07 Å². The van der Waals surface area contributed by atoms with Crippen molar-refractivity contribution in [2.75, 3.05) is 41.3 Å². The minimum absolute atomic E-state index is 0.0689. The first-order chi connectivity index (χ1) is 16.3. The van der Waals surface area contributed by atoms with Gasteiger partial charge in [0.2, 0.25) is 11.8 Å². The number of benzene rings is 2. The van der Waals surface area contributed by atoms with Crippen LogP contribution in [0, 0.1) is 13.8 Å². The second kappa shape index (κ2) is 9.87. The Balaban J connectivity index is 1.66. The van der Waals surface area contributed by atoms with Crippen molar-refractivity contribution in [3.05, 3.63) is 53.1 Å². The summed E-state index contributed by atoms with van der Waals surface area (Å²) < 4.78 is 0. The maximum absolute atomic E-state index is 13.5. The van der Waals surface area contributed by atoms with Gasteiger partial charge in [0.25, 0.3) is 5.91 Å². The Kier molecular flexibility index (Phi) is 6.91. The van der Waals surface area contributed by atoms with E-state index in [9.17, 15) is 14.4 Å². The normalized spacial score (nSPS) is 17.2. The fourth-order valence-electron chi connectivity index (χ4n) is 4.91. The van der Waals surface area contributed by atoms with Crippen molar-refractivity contribution in [1.29, 1.82) is 0 Å². The first kappa shape index (κ1) is 23.8. The van der Waals surface area contributed by atoms with Gasteiger partial charge < -0.3 is 15.1 Å². The summed E-state index contributed by atoms with van der Waals surface area (Å²) in [7, 11) is 0. The SMILES string of the molecule is CCN(CC)C(=O)c1ccc2c(c1)N(CC(=O)Nc1ccc(C)c(C)c1)C(=O)C1CCCCN21. The second-order valence-corrected chi connectivity index (χ2v) is 9.16. The number of piperidine rings is 1. The molecule has 3 amide bonds. The van der Waals surface area contributed by atoms with Crippen LogP contribution in [0.3, 0.4) is 0 Å². The van der Waals surface area contributed by atoms with Crippen LogP contribution in [-0.2, 0) is 9.59 Å². The van der Waals surface area contributed by atoms with Gasteiger partial charge in [-0.25, -0.2) is 0 Å². The molecular weight excluding hydrogens is 428 g/mol. The molecule has 1 atom stereocenters. The summed E-state index contributed by atoms with van der Waals surface area (Å²) >= 11 is 0. The van der Waals surface area contributed by atoms with Gasteiger partial charge >= 0.3 is 0 Å². The minimum Gasteiger partial charge on any atom is -0.358 e. The smallest absolute Gasteiger partial charge is 0.253 e. The lowest BCUT2D eigenvalue weighted by Gasteiger charge is -2.45. The molecule has 2 aromatic carbocycles. The van der Waals surface area contributed by atoms with Gasteiger partial charge in [0, 0.05) is 30.9 Å². The van der Waals surface area contributed by atoms with Crippen molar-refractivity contribution in [1.82, 2.24) is 4.90 Å². The Morgan fingerprint density at radius 1 is 1.00 bits per heavy atom. The highest BCUT2D eigenvalue weighted by atomic mass is 16.2. The van der Waals surface area contributed by atoms with Crippen LogP contribution in [0.25, 0.3) is 0 Å². The molecule has 34 heavy (non-hydrogen) atoms. The molecule has 2 heterocycles. The van der Waals surface area contributed by atoms with Gasteiger partial charge in [0.15, 0.2) is 0 Å². The minimum atomic E-state index is -0.264. The lowest BCUT2D eigenvalue weighted by Crippen LogP contribution is -2.56. The average molecular weight is 463 g/mol. The Hall–Kier alpha value is -3.35. The number of aryl methyl sites for hydroxylation is 2. The lowest BCUT2D eigenvalue weighted by atomic mass is 9.95. The molecule has 7 nitrogen and oxygen atoms in total. The van der Waals surface area contributed by atoms with Crippen LogP contribution in [-0.4, -0.2) is 54.8 Å².